The van der Waals surface area contributed by atoms with Gasteiger partial charge in [0, 0.05) is 66.0 Å². The Morgan fingerprint density at radius 2 is 0.566 bits per heavy atom. The van der Waals surface area contributed by atoms with Crippen LogP contribution in [0.15, 0.2) is 352 Å². The molecular formula is C98H58N8. The molecule has 0 amide bonds. The molecule has 0 unspecified atom stereocenters. The topological polar surface area (TPSA) is 87.2 Å². The lowest BCUT2D eigenvalue weighted by molar-refractivity contribution is 1.07. The van der Waals surface area contributed by atoms with Gasteiger partial charge in [0.2, 0.25) is 0 Å². The molecule has 0 radical (unpaired) electrons. The quantitative estimate of drug-likeness (QED) is 0.134. The van der Waals surface area contributed by atoms with Crippen molar-refractivity contribution >= 4 is 130 Å². The molecule has 0 fully saturated rings. The zero-order chi connectivity index (χ0) is 69.5. The lowest BCUT2D eigenvalue weighted by Crippen LogP contribution is -2.01. The van der Waals surface area contributed by atoms with Gasteiger partial charge in [0.05, 0.1) is 27.8 Å². The molecule has 8 nitrogen and oxygen atoms in total. The van der Waals surface area contributed by atoms with Crippen LogP contribution in [0.2, 0.25) is 0 Å². The number of benzene rings is 18. The molecule has 0 spiro atoms. The van der Waals surface area contributed by atoms with Crippen LogP contribution in [-0.4, -0.2) is 39.0 Å². The van der Waals surface area contributed by atoms with E-state index in [1.54, 1.807) is 0 Å². The Labute approximate surface area is 607 Å². The van der Waals surface area contributed by atoms with Gasteiger partial charge in [0.1, 0.15) is 0 Å². The maximum Gasteiger partial charge on any atom is 0.164 e. The largest absolute Gasteiger partial charge is 0.309 e. The van der Waals surface area contributed by atoms with Crippen molar-refractivity contribution in [2.75, 3.05) is 0 Å². The molecule has 0 aliphatic rings. The first-order valence-electron chi connectivity index (χ1n) is 36.0. The van der Waals surface area contributed by atoms with Crippen LogP contribution >= 0.6 is 0 Å². The van der Waals surface area contributed by atoms with Crippen molar-refractivity contribution in [3.63, 3.8) is 0 Å². The Hall–Kier alpha value is -14.3. The number of nitrogens with zero attached hydrogens (tertiary/aromatic N) is 8. The molecule has 4 heterocycles. The van der Waals surface area contributed by atoms with E-state index in [0.717, 1.165) is 99.5 Å². The fourth-order valence-corrected chi connectivity index (χ4v) is 16.8. The highest BCUT2D eigenvalue weighted by molar-refractivity contribution is 6.31. The van der Waals surface area contributed by atoms with Gasteiger partial charge in [-0.3, -0.25) is 0 Å². The van der Waals surface area contributed by atoms with E-state index in [0.29, 0.717) is 34.9 Å². The highest BCUT2D eigenvalue weighted by Gasteiger charge is 2.24. The molecule has 4 aromatic heterocycles. The minimum atomic E-state index is 0.625. The average molecular weight is 1350 g/mol. The highest BCUT2D eigenvalue weighted by Crippen LogP contribution is 2.46. The minimum Gasteiger partial charge on any atom is -0.309 e. The van der Waals surface area contributed by atoms with Gasteiger partial charge in [-0.1, -0.05) is 291 Å². The highest BCUT2D eigenvalue weighted by atomic mass is 15.0. The molecule has 8 heteroatoms. The van der Waals surface area contributed by atoms with Crippen LogP contribution in [0.1, 0.15) is 0 Å². The summed E-state index contributed by atoms with van der Waals surface area (Å²) in [5, 5.41) is 23.9. The summed E-state index contributed by atoms with van der Waals surface area (Å²) in [5.74, 6) is 3.79. The normalized spacial score (nSPS) is 12.0. The van der Waals surface area contributed by atoms with Crippen molar-refractivity contribution < 1.29 is 0 Å². The van der Waals surface area contributed by atoms with Crippen molar-refractivity contribution in [2.24, 2.45) is 0 Å². The van der Waals surface area contributed by atoms with Gasteiger partial charge in [-0.2, -0.15) is 0 Å². The molecule has 490 valence electrons. The molecule has 0 bridgehead atoms. The number of rotatable bonds is 9. The molecule has 0 aliphatic heterocycles. The zero-order valence-corrected chi connectivity index (χ0v) is 57.1. The van der Waals surface area contributed by atoms with Crippen molar-refractivity contribution in [3.8, 4) is 90.8 Å². The summed E-state index contributed by atoms with van der Waals surface area (Å²) in [6.07, 6.45) is 0. The lowest BCUT2D eigenvalue weighted by atomic mass is 9.92. The van der Waals surface area contributed by atoms with Gasteiger partial charge in [0.25, 0.3) is 0 Å². The van der Waals surface area contributed by atoms with Gasteiger partial charge >= 0.3 is 0 Å². The molecule has 18 aromatic carbocycles. The number of hydrogen-bond acceptors (Lipinski definition) is 6. The van der Waals surface area contributed by atoms with Crippen LogP contribution in [0.4, 0.5) is 0 Å². The monoisotopic (exact) mass is 1350 g/mol. The molecule has 22 aromatic rings. The number of hydrogen-bond donors (Lipinski definition) is 0. The molecule has 0 N–H and O–H groups in total. The zero-order valence-electron chi connectivity index (χ0n) is 57.1. The smallest absolute Gasteiger partial charge is 0.164 e. The van der Waals surface area contributed by atoms with Crippen molar-refractivity contribution in [1.82, 2.24) is 39.0 Å². The molecule has 0 aliphatic carbocycles. The van der Waals surface area contributed by atoms with Crippen LogP contribution in [0.25, 0.3) is 221 Å². The summed E-state index contributed by atoms with van der Waals surface area (Å²) >= 11 is 0. The van der Waals surface area contributed by atoms with Gasteiger partial charge in [-0.25, -0.2) is 29.9 Å². The summed E-state index contributed by atoms with van der Waals surface area (Å²) < 4.78 is 4.92. The van der Waals surface area contributed by atoms with Crippen LogP contribution in [0.3, 0.4) is 0 Å². The molecule has 22 rings (SSSR count). The molecular weight excluding hydrogens is 1290 g/mol. The summed E-state index contributed by atoms with van der Waals surface area (Å²) in [4.78, 5) is 30.5. The van der Waals surface area contributed by atoms with Crippen molar-refractivity contribution in [1.29, 1.82) is 0 Å². The van der Waals surface area contributed by atoms with Crippen LogP contribution < -0.4 is 0 Å². The van der Waals surface area contributed by atoms with Crippen LogP contribution in [0.5, 0.6) is 0 Å². The fraction of sp³-hybridized carbons (Fsp3) is 0. The van der Waals surface area contributed by atoms with E-state index in [2.05, 4.69) is 264 Å². The average Bonchev–Trinajstić information content (AvgIpc) is 1.53. The second-order valence-corrected chi connectivity index (χ2v) is 27.6. The van der Waals surface area contributed by atoms with E-state index < -0.39 is 0 Å². The Kier molecular flexibility index (Phi) is 13.2. The standard InChI is InChI=1S/C98H58N8/c1-5-20-62(21-6-1)93-99-94(63-22-7-2-8-23-63)102-97(101-93)71-40-38-68-57-72(46-41-66(68)56-71)105-86-52-45-69(58-83(86)92-80-49-43-60-36-35-59-19-13-14-28-73(59)89(60)78(80)50-53-87(92)105)67-44-47-74-70(55-67)39-37-61-42-48-79-77(90(61)74)51-54-88-91(79)82-29-15-16-33-85(82)106(88)84-34-18-30-75-76(84)31-17-32-81(75)98-103-95(64-24-9-3-10-25-64)100-96(104-98)65-26-11-4-12-27-65/h1-58H. The van der Waals surface area contributed by atoms with Gasteiger partial charge < -0.3 is 9.13 Å². The Morgan fingerprint density at radius 1 is 0.170 bits per heavy atom. The Bertz CT molecular complexity index is 7320. The predicted molar refractivity (Wildman–Crippen MR) is 440 cm³/mol. The second kappa shape index (κ2) is 23.6. The summed E-state index contributed by atoms with van der Waals surface area (Å²) in [6, 6.07) is 127. The first-order chi connectivity index (χ1) is 52.5. The lowest BCUT2D eigenvalue weighted by Gasteiger charge is -2.15. The third-order valence-electron chi connectivity index (χ3n) is 21.7. The number of fused-ring (bicyclic) bond motifs is 20. The minimum absolute atomic E-state index is 0.625. The molecule has 0 saturated heterocycles. The van der Waals surface area contributed by atoms with Crippen LogP contribution in [0, 0.1) is 0 Å². The van der Waals surface area contributed by atoms with E-state index >= 15 is 0 Å². The first kappa shape index (κ1) is 59.4. The molecule has 0 saturated carbocycles. The van der Waals surface area contributed by atoms with E-state index in [9.17, 15) is 0 Å². The van der Waals surface area contributed by atoms with Crippen molar-refractivity contribution in [2.45, 2.75) is 0 Å². The van der Waals surface area contributed by atoms with E-state index in [4.69, 9.17) is 29.9 Å². The van der Waals surface area contributed by atoms with Crippen LogP contribution in [-0.2, 0) is 0 Å². The third-order valence-corrected chi connectivity index (χ3v) is 21.7. The summed E-state index contributed by atoms with van der Waals surface area (Å²) in [7, 11) is 0. The number of para-hydroxylation sites is 1. The first-order valence-corrected chi connectivity index (χ1v) is 36.0. The third kappa shape index (κ3) is 9.41. The fourth-order valence-electron chi connectivity index (χ4n) is 16.8. The molecule has 106 heavy (non-hydrogen) atoms. The Morgan fingerprint density at radius 3 is 1.22 bits per heavy atom. The van der Waals surface area contributed by atoms with Gasteiger partial charge in [0.15, 0.2) is 34.9 Å². The maximum atomic E-state index is 5.19. The maximum absolute atomic E-state index is 5.19. The predicted octanol–water partition coefficient (Wildman–Crippen LogP) is 25.1. The van der Waals surface area contributed by atoms with Crippen molar-refractivity contribution in [3.05, 3.63) is 352 Å². The number of aromatic nitrogens is 8. The second-order valence-electron chi connectivity index (χ2n) is 27.6. The Balaban J connectivity index is 0.675. The summed E-state index contributed by atoms with van der Waals surface area (Å²) in [6.45, 7) is 0. The SMILES string of the molecule is c1ccc(-c2nc(-c3ccccc3)nc(-c3ccc4cc(-n5c6ccc(-c7ccc8c(ccc9ccc%10c(ccc%11c%10c%10ccccc%10n%11-c%10cccc%11c(-c%12nc(-c%13ccccc%13)nc(-c%13ccccc%13)n%12)cccc%10%11)c98)c7)cc6c6c7ccc8ccc9ccccc9c8c7ccc65)ccc4c3)n2)cc1. The van der Waals surface area contributed by atoms with E-state index in [1.807, 2.05) is 97.1 Å². The van der Waals surface area contributed by atoms with E-state index in [-0.39, 0.29) is 0 Å². The summed E-state index contributed by atoms with van der Waals surface area (Å²) in [5.41, 5.74) is 14.7. The van der Waals surface area contributed by atoms with Gasteiger partial charge in [-0.05, 0) is 153 Å². The van der Waals surface area contributed by atoms with Gasteiger partial charge in [-0.15, -0.1) is 0 Å². The van der Waals surface area contributed by atoms with E-state index in [1.165, 1.54) is 86.2 Å². The molecule has 0 atom stereocenters.